The zero-order chi connectivity index (χ0) is 16.2. The molecule has 1 N–H and O–H groups in total. The number of nitrogens with zero attached hydrogens (tertiary/aromatic N) is 1. The molecule has 2 aliphatic rings. The molecule has 0 saturated carbocycles. The van der Waals surface area contributed by atoms with Gasteiger partial charge in [0, 0.05) is 24.5 Å². The summed E-state index contributed by atoms with van der Waals surface area (Å²) in [5.74, 6) is -0.743. The summed E-state index contributed by atoms with van der Waals surface area (Å²) in [6, 6.07) is 0. The molecule has 0 bridgehead atoms. The van der Waals surface area contributed by atoms with E-state index in [4.69, 9.17) is 4.55 Å². The average molecular weight is 342 g/mol. The molecule has 0 fully saturated rings. The average Bonchev–Trinajstić information content (AvgIpc) is 2.47. The topological polar surface area (TPSA) is 74.7 Å². The fourth-order valence-corrected chi connectivity index (χ4v) is 2.72. The SMILES string of the molecule is CCN1C=CC(=C(/C=C2\C=CC=CC2=O)CS(=O)(=O)O)C=C1.[Na+]. The molecule has 1 aliphatic carbocycles. The van der Waals surface area contributed by atoms with Gasteiger partial charge in [-0.1, -0.05) is 18.2 Å². The Balaban J connectivity index is 0.00000264. The minimum Gasteiger partial charge on any atom is -0.354 e. The molecule has 2 rings (SSSR count). The third-order valence-electron chi connectivity index (χ3n) is 3.21. The van der Waals surface area contributed by atoms with Gasteiger partial charge in [0.2, 0.25) is 0 Å². The van der Waals surface area contributed by atoms with Gasteiger partial charge in [0.15, 0.2) is 5.78 Å². The summed E-state index contributed by atoms with van der Waals surface area (Å²) < 4.78 is 31.6. The fraction of sp³-hybridized carbons (Fsp3) is 0.188. The van der Waals surface area contributed by atoms with Crippen LogP contribution in [0.1, 0.15) is 6.92 Å². The summed E-state index contributed by atoms with van der Waals surface area (Å²) in [5, 5.41) is 0. The van der Waals surface area contributed by atoms with Gasteiger partial charge in [0.25, 0.3) is 10.1 Å². The van der Waals surface area contributed by atoms with Gasteiger partial charge < -0.3 is 4.90 Å². The van der Waals surface area contributed by atoms with Crippen LogP contribution in [-0.4, -0.2) is 36.0 Å². The van der Waals surface area contributed by atoms with E-state index in [2.05, 4.69) is 0 Å². The van der Waals surface area contributed by atoms with Gasteiger partial charge in [0.05, 0.1) is 0 Å². The van der Waals surface area contributed by atoms with E-state index in [0.29, 0.717) is 16.7 Å². The third kappa shape index (κ3) is 6.08. The number of carbonyl (C=O) groups is 1. The molecule has 5 nitrogen and oxygen atoms in total. The van der Waals surface area contributed by atoms with Crippen molar-refractivity contribution in [1.29, 1.82) is 0 Å². The molecule has 0 spiro atoms. The van der Waals surface area contributed by atoms with E-state index in [9.17, 15) is 13.2 Å². The van der Waals surface area contributed by atoms with Gasteiger partial charge >= 0.3 is 29.6 Å². The molecule has 0 saturated heterocycles. The molecule has 0 aromatic rings. The van der Waals surface area contributed by atoms with Crippen LogP contribution < -0.4 is 29.6 Å². The van der Waals surface area contributed by atoms with Crippen LogP contribution in [-0.2, 0) is 14.9 Å². The molecule has 1 aliphatic heterocycles. The summed E-state index contributed by atoms with van der Waals surface area (Å²) >= 11 is 0. The summed E-state index contributed by atoms with van der Waals surface area (Å²) in [5.41, 5.74) is 1.40. The van der Waals surface area contributed by atoms with Crippen molar-refractivity contribution in [2.75, 3.05) is 12.3 Å². The molecule has 0 aromatic heterocycles. The smallest absolute Gasteiger partial charge is 0.354 e. The van der Waals surface area contributed by atoms with Crippen LogP contribution in [0.3, 0.4) is 0 Å². The van der Waals surface area contributed by atoms with E-state index in [1.807, 2.05) is 24.2 Å². The Bertz CT molecular complexity index is 739. The Morgan fingerprint density at radius 1 is 1.17 bits per heavy atom. The van der Waals surface area contributed by atoms with Crippen molar-refractivity contribution >= 4 is 15.9 Å². The Morgan fingerprint density at radius 2 is 1.78 bits per heavy atom. The molecule has 0 unspecified atom stereocenters. The first-order valence-corrected chi connectivity index (χ1v) is 8.41. The summed E-state index contributed by atoms with van der Waals surface area (Å²) in [6.45, 7) is 2.78. The summed E-state index contributed by atoms with van der Waals surface area (Å²) in [6.07, 6.45) is 15.0. The summed E-state index contributed by atoms with van der Waals surface area (Å²) in [4.78, 5) is 13.7. The monoisotopic (exact) mass is 342 g/mol. The minimum absolute atomic E-state index is 0. The van der Waals surface area contributed by atoms with E-state index in [1.165, 1.54) is 12.2 Å². The van der Waals surface area contributed by atoms with Crippen molar-refractivity contribution < 1.29 is 47.3 Å². The molecule has 0 radical (unpaired) electrons. The second-order valence-corrected chi connectivity index (χ2v) is 6.30. The van der Waals surface area contributed by atoms with Crippen LogP contribution in [0.5, 0.6) is 0 Å². The second kappa shape index (κ2) is 8.61. The molecule has 23 heavy (non-hydrogen) atoms. The molecular formula is C16H17NNaO4S+. The van der Waals surface area contributed by atoms with E-state index >= 15 is 0 Å². The Kier molecular flexibility index (Phi) is 7.44. The number of hydrogen-bond donors (Lipinski definition) is 1. The maximum atomic E-state index is 11.8. The molecule has 0 aromatic carbocycles. The van der Waals surface area contributed by atoms with Crippen molar-refractivity contribution in [2.24, 2.45) is 0 Å². The van der Waals surface area contributed by atoms with E-state index in [0.717, 1.165) is 6.54 Å². The standard InChI is InChI=1S/C16H17NO4S.Na/c1-2-17-9-7-13(8-10-17)15(12-22(19,20)21)11-14-5-3-4-6-16(14)18;/h3-11H,2,12H2,1H3,(H,19,20,21);/q;+1/b14-11+;. The molecular weight excluding hydrogens is 325 g/mol. The maximum Gasteiger partial charge on any atom is 1.00 e. The largest absolute Gasteiger partial charge is 1.00 e. The van der Waals surface area contributed by atoms with Gasteiger partial charge in [-0.2, -0.15) is 8.42 Å². The van der Waals surface area contributed by atoms with E-state index in [-0.39, 0.29) is 35.3 Å². The van der Waals surface area contributed by atoms with Crippen molar-refractivity contribution in [3.63, 3.8) is 0 Å². The first-order chi connectivity index (χ1) is 10.4. The second-order valence-electron chi connectivity index (χ2n) is 4.85. The van der Waals surface area contributed by atoms with Crippen molar-refractivity contribution in [1.82, 2.24) is 4.90 Å². The first-order valence-electron chi connectivity index (χ1n) is 6.80. The third-order valence-corrected chi connectivity index (χ3v) is 3.89. The van der Waals surface area contributed by atoms with Gasteiger partial charge in [0.1, 0.15) is 5.75 Å². The van der Waals surface area contributed by atoms with Gasteiger partial charge in [-0.05, 0) is 42.4 Å². The number of carbonyl (C=O) groups excluding carboxylic acids is 1. The van der Waals surface area contributed by atoms with Crippen LogP contribution in [0.2, 0.25) is 0 Å². The fourth-order valence-electron chi connectivity index (χ4n) is 2.07. The van der Waals surface area contributed by atoms with Crippen molar-refractivity contribution in [3.8, 4) is 0 Å². The normalized spacial score (nSPS) is 18.5. The first kappa shape index (κ1) is 19.9. The number of hydrogen-bond acceptors (Lipinski definition) is 4. The minimum atomic E-state index is -4.20. The maximum absolute atomic E-state index is 11.8. The number of ketones is 1. The Morgan fingerprint density at radius 3 is 2.30 bits per heavy atom. The Labute approximate surface area is 158 Å². The predicted octanol–water partition coefficient (Wildman–Crippen LogP) is -0.841. The number of allylic oxidation sites excluding steroid dienone is 9. The molecule has 1 heterocycles. The van der Waals surface area contributed by atoms with E-state index < -0.39 is 15.9 Å². The van der Waals surface area contributed by atoms with Crippen molar-refractivity contribution in [3.05, 3.63) is 71.7 Å². The summed E-state index contributed by atoms with van der Waals surface area (Å²) in [7, 11) is -4.20. The van der Waals surface area contributed by atoms with Gasteiger partial charge in [-0.25, -0.2) is 0 Å². The number of rotatable bonds is 4. The van der Waals surface area contributed by atoms with E-state index in [1.54, 1.807) is 30.4 Å². The molecule has 7 heteroatoms. The molecule has 0 atom stereocenters. The quantitative estimate of drug-likeness (QED) is 0.410. The zero-order valence-electron chi connectivity index (χ0n) is 13.1. The van der Waals surface area contributed by atoms with Crippen LogP contribution in [0, 0.1) is 0 Å². The van der Waals surface area contributed by atoms with Crippen LogP contribution in [0.4, 0.5) is 0 Å². The van der Waals surface area contributed by atoms with Gasteiger partial charge in [-0.15, -0.1) is 0 Å². The van der Waals surface area contributed by atoms with Gasteiger partial charge in [-0.3, -0.25) is 9.35 Å². The van der Waals surface area contributed by atoms with Crippen LogP contribution >= 0.6 is 0 Å². The zero-order valence-corrected chi connectivity index (χ0v) is 16.0. The van der Waals surface area contributed by atoms with Crippen LogP contribution in [0.25, 0.3) is 0 Å². The predicted molar refractivity (Wildman–Crippen MR) is 85.5 cm³/mol. The molecule has 116 valence electrons. The van der Waals surface area contributed by atoms with Crippen LogP contribution in [0.15, 0.2) is 71.7 Å². The Hall–Kier alpha value is -1.18. The molecule has 0 amide bonds. The van der Waals surface area contributed by atoms with Crippen molar-refractivity contribution in [2.45, 2.75) is 6.92 Å².